The third kappa shape index (κ3) is 5.52. The number of aliphatic hydroxyl groups is 11. The second-order valence-corrected chi connectivity index (χ2v) is 8.37. The summed E-state index contributed by atoms with van der Waals surface area (Å²) in [5, 5.41) is 109. The van der Waals surface area contributed by atoms with Gasteiger partial charge in [0.15, 0.2) is 18.9 Å². The van der Waals surface area contributed by atoms with E-state index in [0.717, 1.165) is 0 Å². The van der Waals surface area contributed by atoms with E-state index in [2.05, 4.69) is 0 Å². The van der Waals surface area contributed by atoms with Crippen molar-refractivity contribution in [2.24, 2.45) is 0 Å². The molecule has 16 nitrogen and oxygen atoms in total. The molecular formula is C18H32O16. The fraction of sp³-hybridized carbons (Fsp3) is 1.00. The summed E-state index contributed by atoms with van der Waals surface area (Å²) < 4.78 is 26.1. The first-order chi connectivity index (χ1) is 16.0. The molecule has 0 amide bonds. The Bertz CT molecular complexity index is 637. The molecule has 0 radical (unpaired) electrons. The van der Waals surface area contributed by atoms with E-state index in [4.69, 9.17) is 23.7 Å². The lowest BCUT2D eigenvalue weighted by molar-refractivity contribution is -0.361. The van der Waals surface area contributed by atoms with E-state index >= 15 is 0 Å². The van der Waals surface area contributed by atoms with Gasteiger partial charge in [-0.05, 0) is 0 Å². The highest BCUT2D eigenvalue weighted by atomic mass is 16.7. The Morgan fingerprint density at radius 3 is 1.53 bits per heavy atom. The molecule has 11 N–H and O–H groups in total. The minimum Gasteiger partial charge on any atom is -0.394 e. The molecule has 3 aliphatic rings. The summed E-state index contributed by atoms with van der Waals surface area (Å²) in [6.45, 7) is -2.06. The van der Waals surface area contributed by atoms with Crippen LogP contribution in [0.25, 0.3) is 0 Å². The van der Waals surface area contributed by atoms with E-state index in [1.54, 1.807) is 0 Å². The van der Waals surface area contributed by atoms with Gasteiger partial charge in [0.05, 0.1) is 19.8 Å². The third-order valence-corrected chi connectivity index (χ3v) is 6.07. The van der Waals surface area contributed by atoms with E-state index in [-0.39, 0.29) is 0 Å². The van der Waals surface area contributed by atoms with Crippen LogP contribution < -0.4 is 0 Å². The zero-order chi connectivity index (χ0) is 25.3. The summed E-state index contributed by atoms with van der Waals surface area (Å²) in [7, 11) is 0. The van der Waals surface area contributed by atoms with Gasteiger partial charge >= 0.3 is 0 Å². The standard InChI is InChI=1S/C18H32O16/c19-1-4-7(21)10(24)12(26)17(32-4)30-3-6-9(23)15(14(28)16(29)31-6)34-18-13(27)11(25)8(22)5(2-20)33-18/h4-29H,1-3H2/t4-,5-,6-,7-,8-,9-,10+,11+,12-,13-,14-,15+,16+,17-,18+/m1/s1. The predicted molar refractivity (Wildman–Crippen MR) is 101 cm³/mol. The topological polar surface area (TPSA) is 269 Å². The van der Waals surface area contributed by atoms with Crippen molar-refractivity contribution in [3.05, 3.63) is 0 Å². The fourth-order valence-electron chi connectivity index (χ4n) is 3.94. The molecule has 0 bridgehead atoms. The van der Waals surface area contributed by atoms with E-state index in [0.29, 0.717) is 0 Å². The molecule has 0 saturated carbocycles. The van der Waals surface area contributed by atoms with Crippen LogP contribution in [0.1, 0.15) is 0 Å². The van der Waals surface area contributed by atoms with Crippen LogP contribution in [0.2, 0.25) is 0 Å². The maximum Gasteiger partial charge on any atom is 0.187 e. The second-order valence-electron chi connectivity index (χ2n) is 8.37. The normalized spacial score (nSPS) is 52.5. The lowest BCUT2D eigenvalue weighted by Crippen LogP contribution is -2.65. The molecule has 3 rings (SSSR count). The smallest absolute Gasteiger partial charge is 0.187 e. The van der Waals surface area contributed by atoms with Crippen molar-refractivity contribution in [1.29, 1.82) is 0 Å². The maximum atomic E-state index is 10.6. The van der Waals surface area contributed by atoms with Gasteiger partial charge in [0.25, 0.3) is 0 Å². The zero-order valence-corrected chi connectivity index (χ0v) is 17.7. The Labute approximate surface area is 192 Å². The molecule has 0 aromatic rings. The molecule has 0 aromatic carbocycles. The molecule has 0 spiro atoms. The van der Waals surface area contributed by atoms with Crippen molar-refractivity contribution < 1.29 is 79.9 Å². The highest BCUT2D eigenvalue weighted by Crippen LogP contribution is 2.29. The lowest BCUT2D eigenvalue weighted by Gasteiger charge is -2.45. The number of aliphatic hydroxyl groups excluding tert-OH is 11. The molecule has 3 saturated heterocycles. The van der Waals surface area contributed by atoms with Crippen LogP contribution in [0.4, 0.5) is 0 Å². The van der Waals surface area contributed by atoms with Gasteiger partial charge in [-0.15, -0.1) is 0 Å². The van der Waals surface area contributed by atoms with Gasteiger partial charge in [0.1, 0.15) is 73.2 Å². The Hall–Kier alpha value is -0.640. The van der Waals surface area contributed by atoms with Crippen LogP contribution in [-0.4, -0.2) is 168 Å². The average Bonchev–Trinajstić information content (AvgIpc) is 2.82. The summed E-state index contributed by atoms with van der Waals surface area (Å²) in [6, 6.07) is 0. The van der Waals surface area contributed by atoms with Gasteiger partial charge in [0.2, 0.25) is 0 Å². The van der Waals surface area contributed by atoms with Gasteiger partial charge in [-0.2, -0.15) is 0 Å². The second kappa shape index (κ2) is 11.6. The molecule has 3 aliphatic heterocycles. The summed E-state index contributed by atoms with van der Waals surface area (Å²) in [5.41, 5.74) is 0. The molecular weight excluding hydrogens is 472 g/mol. The quantitative estimate of drug-likeness (QED) is 0.154. The Morgan fingerprint density at radius 2 is 1.00 bits per heavy atom. The molecule has 3 fully saturated rings. The monoisotopic (exact) mass is 504 g/mol. The van der Waals surface area contributed by atoms with Crippen LogP contribution in [0, 0.1) is 0 Å². The summed E-state index contributed by atoms with van der Waals surface area (Å²) in [5.74, 6) is 0. The highest BCUT2D eigenvalue weighted by Gasteiger charge is 2.51. The van der Waals surface area contributed by atoms with E-state index in [9.17, 15) is 56.2 Å². The Balaban J connectivity index is 1.65. The van der Waals surface area contributed by atoms with Gasteiger partial charge in [-0.25, -0.2) is 0 Å². The number of hydrogen-bond donors (Lipinski definition) is 11. The fourth-order valence-corrected chi connectivity index (χ4v) is 3.94. The molecule has 0 aromatic heterocycles. The minimum atomic E-state index is -1.93. The highest BCUT2D eigenvalue weighted by molar-refractivity contribution is 4.94. The summed E-state index contributed by atoms with van der Waals surface area (Å²) in [6.07, 6.45) is -24.9. The summed E-state index contributed by atoms with van der Waals surface area (Å²) >= 11 is 0. The van der Waals surface area contributed by atoms with Crippen LogP contribution in [0.15, 0.2) is 0 Å². The molecule has 0 unspecified atom stereocenters. The van der Waals surface area contributed by atoms with Crippen LogP contribution in [-0.2, 0) is 23.7 Å². The first kappa shape index (κ1) is 27.9. The van der Waals surface area contributed by atoms with Gasteiger partial charge < -0.3 is 79.9 Å². The van der Waals surface area contributed by atoms with Crippen LogP contribution >= 0.6 is 0 Å². The summed E-state index contributed by atoms with van der Waals surface area (Å²) in [4.78, 5) is 0. The Morgan fingerprint density at radius 1 is 0.500 bits per heavy atom. The number of ether oxygens (including phenoxy) is 5. The van der Waals surface area contributed by atoms with Gasteiger partial charge in [0, 0.05) is 0 Å². The molecule has 16 heteroatoms. The lowest BCUT2D eigenvalue weighted by atomic mass is 9.97. The van der Waals surface area contributed by atoms with Gasteiger partial charge in [-0.1, -0.05) is 0 Å². The van der Waals surface area contributed by atoms with E-state index in [1.165, 1.54) is 0 Å². The minimum absolute atomic E-state index is 0.609. The average molecular weight is 504 g/mol. The van der Waals surface area contributed by atoms with Crippen LogP contribution in [0.5, 0.6) is 0 Å². The first-order valence-corrected chi connectivity index (χ1v) is 10.6. The third-order valence-electron chi connectivity index (χ3n) is 6.07. The van der Waals surface area contributed by atoms with Crippen molar-refractivity contribution >= 4 is 0 Å². The molecule has 3 heterocycles. The van der Waals surface area contributed by atoms with E-state index in [1.807, 2.05) is 0 Å². The largest absolute Gasteiger partial charge is 0.394 e. The Kier molecular flexibility index (Phi) is 9.54. The van der Waals surface area contributed by atoms with Crippen molar-refractivity contribution in [2.45, 2.75) is 92.1 Å². The molecule has 0 aliphatic carbocycles. The van der Waals surface area contributed by atoms with Crippen LogP contribution in [0.3, 0.4) is 0 Å². The van der Waals surface area contributed by atoms with Crippen molar-refractivity contribution in [2.75, 3.05) is 19.8 Å². The van der Waals surface area contributed by atoms with Gasteiger partial charge in [-0.3, -0.25) is 0 Å². The predicted octanol–water partition coefficient (Wildman–Crippen LogP) is -7.57. The SMILES string of the molecule is OC[C@H]1O[C@@H](OC[C@H]2O[C@H](O)[C@H](O)[C@@H](O[C@@H]3O[C@H](CO)[C@@H](O)[C@H](O)[C@H]3O)[C@@H]2O)[C@H](O)[C@@H](O)[C@@H]1O. The van der Waals surface area contributed by atoms with Crippen molar-refractivity contribution in [1.82, 2.24) is 0 Å². The molecule has 34 heavy (non-hydrogen) atoms. The number of hydrogen-bond acceptors (Lipinski definition) is 16. The van der Waals surface area contributed by atoms with Crippen molar-refractivity contribution in [3.8, 4) is 0 Å². The van der Waals surface area contributed by atoms with Crippen molar-refractivity contribution in [3.63, 3.8) is 0 Å². The first-order valence-electron chi connectivity index (χ1n) is 10.6. The molecule has 15 atom stereocenters. The zero-order valence-electron chi connectivity index (χ0n) is 17.7. The molecule has 200 valence electrons. The number of rotatable bonds is 7. The van der Waals surface area contributed by atoms with E-state index < -0.39 is 112 Å². The maximum absolute atomic E-state index is 10.6.